The van der Waals surface area contributed by atoms with Gasteiger partial charge in [-0.25, -0.2) is 5.21 Å². The summed E-state index contributed by atoms with van der Waals surface area (Å²) in [7, 11) is 0. The van der Waals surface area contributed by atoms with E-state index in [1.807, 2.05) is 57.2 Å². The molecule has 3 heteroatoms. The number of hydrogen-bond donors (Lipinski definition) is 2. The molecule has 0 aromatic heterocycles. The van der Waals surface area contributed by atoms with Crippen molar-refractivity contribution >= 4 is 5.69 Å². The maximum absolute atomic E-state index is 10.7. The predicted octanol–water partition coefficient (Wildman–Crippen LogP) is 3.22. The Kier molecular flexibility index (Phi) is 2.91. The van der Waals surface area contributed by atoms with E-state index >= 15 is 0 Å². The first kappa shape index (κ1) is 12.0. The quantitative estimate of drug-likeness (QED) is 0.768. The number of nitrogens with two attached hydrogens (primary N) is 1. The lowest BCUT2D eigenvalue weighted by Crippen LogP contribution is -2.39. The summed E-state index contributed by atoms with van der Waals surface area (Å²) in [6.45, 7) is 5.80. The molecule has 0 fully saturated rings. The molecule has 3 nitrogen and oxygen atoms in total. The summed E-state index contributed by atoms with van der Waals surface area (Å²) < 4.78 is -0.209. The van der Waals surface area contributed by atoms with Crippen LogP contribution in [0.15, 0.2) is 47.8 Å². The van der Waals surface area contributed by atoms with Crippen LogP contribution in [0.3, 0.4) is 0 Å². The average Bonchev–Trinajstić information content (AvgIpc) is 2.58. The number of quaternary nitrogens is 1. The minimum Gasteiger partial charge on any atom is -0.324 e. The molecule has 0 bridgehead atoms. The lowest BCUT2D eigenvalue weighted by molar-refractivity contribution is -0.00657. The Morgan fingerprint density at radius 3 is 1.94 bits per heavy atom. The standard InChI is InChI=1S/C14H19N2O/c1-10-4-5-11(2)16(10,17)14-8-6-13(7-9-14)12(3)15/h4-9,12,17H,15H2,1-3H3/q+1. The van der Waals surface area contributed by atoms with Gasteiger partial charge in [-0.1, -0.05) is 16.8 Å². The predicted molar refractivity (Wildman–Crippen MR) is 70.1 cm³/mol. The third kappa shape index (κ3) is 1.82. The summed E-state index contributed by atoms with van der Waals surface area (Å²) in [5, 5.41) is 10.7. The number of allylic oxidation sites excluding steroid dienone is 4. The molecule has 1 aliphatic heterocycles. The fourth-order valence-corrected chi connectivity index (χ4v) is 2.14. The van der Waals surface area contributed by atoms with Gasteiger partial charge in [-0.05, 0) is 12.5 Å². The number of nitrogens with zero attached hydrogens (tertiary/aromatic N) is 1. The van der Waals surface area contributed by atoms with Gasteiger partial charge in [0.1, 0.15) is 11.4 Å². The normalized spacial score (nSPS) is 19.8. The molecule has 1 atom stereocenters. The van der Waals surface area contributed by atoms with Crippen LogP contribution in [0, 0.1) is 0 Å². The van der Waals surface area contributed by atoms with Crippen molar-refractivity contribution < 1.29 is 5.21 Å². The Labute approximate surface area is 102 Å². The maximum atomic E-state index is 10.7. The molecule has 1 heterocycles. The van der Waals surface area contributed by atoms with Crippen molar-refractivity contribution in [3.05, 3.63) is 53.4 Å². The van der Waals surface area contributed by atoms with Crippen LogP contribution in [0.4, 0.5) is 5.69 Å². The summed E-state index contributed by atoms with van der Waals surface area (Å²) >= 11 is 0. The van der Waals surface area contributed by atoms with Gasteiger partial charge < -0.3 is 5.73 Å². The van der Waals surface area contributed by atoms with Gasteiger partial charge in [-0.2, -0.15) is 0 Å². The zero-order chi connectivity index (χ0) is 12.6. The van der Waals surface area contributed by atoms with Crippen molar-refractivity contribution in [3.8, 4) is 0 Å². The molecule has 1 aliphatic rings. The van der Waals surface area contributed by atoms with E-state index in [0.29, 0.717) is 0 Å². The molecule has 90 valence electrons. The monoisotopic (exact) mass is 231 g/mol. The zero-order valence-electron chi connectivity index (χ0n) is 10.5. The van der Waals surface area contributed by atoms with Gasteiger partial charge in [0.25, 0.3) is 0 Å². The SMILES string of the molecule is CC1=CC=C(C)[N+]1(O)c1ccc(C(C)N)cc1. The third-order valence-electron chi connectivity index (χ3n) is 3.38. The molecule has 0 spiro atoms. The summed E-state index contributed by atoms with van der Waals surface area (Å²) in [5.41, 5.74) is 9.53. The molecule has 0 aliphatic carbocycles. The van der Waals surface area contributed by atoms with Crippen molar-refractivity contribution in [2.24, 2.45) is 5.73 Å². The molecule has 17 heavy (non-hydrogen) atoms. The summed E-state index contributed by atoms with van der Waals surface area (Å²) in [6.07, 6.45) is 3.88. The van der Waals surface area contributed by atoms with E-state index in [4.69, 9.17) is 5.73 Å². The highest BCUT2D eigenvalue weighted by atomic mass is 16.5. The minimum absolute atomic E-state index is 0.0167. The molecule has 3 N–H and O–H groups in total. The van der Waals surface area contributed by atoms with E-state index in [1.165, 1.54) is 0 Å². The van der Waals surface area contributed by atoms with E-state index in [2.05, 4.69) is 0 Å². The van der Waals surface area contributed by atoms with E-state index < -0.39 is 0 Å². The Morgan fingerprint density at radius 2 is 1.53 bits per heavy atom. The van der Waals surface area contributed by atoms with Crippen LogP contribution < -0.4 is 10.4 Å². The van der Waals surface area contributed by atoms with E-state index in [0.717, 1.165) is 22.6 Å². The van der Waals surface area contributed by atoms with Crippen molar-refractivity contribution in [2.75, 3.05) is 0 Å². The first-order valence-electron chi connectivity index (χ1n) is 5.80. The molecule has 0 amide bonds. The van der Waals surface area contributed by atoms with Crippen LogP contribution in [-0.4, -0.2) is 5.21 Å². The van der Waals surface area contributed by atoms with Crippen LogP contribution in [0.5, 0.6) is 0 Å². The van der Waals surface area contributed by atoms with E-state index in [9.17, 15) is 5.21 Å². The molecular weight excluding hydrogens is 212 g/mol. The Hall–Kier alpha value is -1.42. The molecule has 0 radical (unpaired) electrons. The summed E-state index contributed by atoms with van der Waals surface area (Å²) in [4.78, 5) is 0. The van der Waals surface area contributed by atoms with Crippen molar-refractivity contribution in [1.82, 2.24) is 4.65 Å². The molecular formula is C14H19N2O+. The van der Waals surface area contributed by atoms with Crippen LogP contribution in [0.2, 0.25) is 0 Å². The average molecular weight is 231 g/mol. The largest absolute Gasteiger partial charge is 0.324 e. The van der Waals surface area contributed by atoms with Crippen molar-refractivity contribution in [1.29, 1.82) is 0 Å². The van der Waals surface area contributed by atoms with E-state index in [-0.39, 0.29) is 10.7 Å². The number of rotatable bonds is 2. The lowest BCUT2D eigenvalue weighted by atomic mass is 10.1. The third-order valence-corrected chi connectivity index (χ3v) is 3.38. The lowest BCUT2D eigenvalue weighted by Gasteiger charge is -2.27. The molecule has 2 rings (SSSR count). The first-order chi connectivity index (χ1) is 7.96. The van der Waals surface area contributed by atoms with E-state index in [1.54, 1.807) is 0 Å². The van der Waals surface area contributed by atoms with Gasteiger partial charge in [0.2, 0.25) is 0 Å². The smallest absolute Gasteiger partial charge is 0.175 e. The van der Waals surface area contributed by atoms with Crippen LogP contribution in [-0.2, 0) is 0 Å². The van der Waals surface area contributed by atoms with Crippen LogP contribution in [0.25, 0.3) is 0 Å². The fraction of sp³-hybridized carbons (Fsp3) is 0.286. The van der Waals surface area contributed by atoms with Gasteiger partial charge in [0, 0.05) is 44.2 Å². The van der Waals surface area contributed by atoms with Gasteiger partial charge >= 0.3 is 0 Å². The highest BCUT2D eigenvalue weighted by Crippen LogP contribution is 2.35. The topological polar surface area (TPSA) is 46.2 Å². The van der Waals surface area contributed by atoms with Crippen LogP contribution in [0.1, 0.15) is 32.4 Å². The summed E-state index contributed by atoms with van der Waals surface area (Å²) in [6, 6.07) is 7.81. The molecule has 1 unspecified atom stereocenters. The summed E-state index contributed by atoms with van der Waals surface area (Å²) in [5.74, 6) is 0. The number of hydrogen-bond acceptors (Lipinski definition) is 2. The highest BCUT2D eigenvalue weighted by Gasteiger charge is 2.37. The van der Waals surface area contributed by atoms with Gasteiger partial charge in [0.05, 0.1) is 0 Å². The number of hydroxylamine groups is 2. The van der Waals surface area contributed by atoms with Gasteiger partial charge in [-0.3, -0.25) is 0 Å². The van der Waals surface area contributed by atoms with Gasteiger partial charge in [-0.15, -0.1) is 0 Å². The Bertz CT molecular complexity index is 465. The van der Waals surface area contributed by atoms with Gasteiger partial charge in [0.15, 0.2) is 5.69 Å². The fourth-order valence-electron chi connectivity index (χ4n) is 2.14. The molecule has 0 saturated heterocycles. The second-order valence-electron chi connectivity index (χ2n) is 4.63. The van der Waals surface area contributed by atoms with Crippen molar-refractivity contribution in [3.63, 3.8) is 0 Å². The highest BCUT2D eigenvalue weighted by molar-refractivity contribution is 5.54. The Balaban J connectivity index is 2.41. The van der Waals surface area contributed by atoms with Crippen molar-refractivity contribution in [2.45, 2.75) is 26.8 Å². The molecule has 1 aromatic rings. The second kappa shape index (κ2) is 4.11. The minimum atomic E-state index is -0.209. The first-order valence-corrected chi connectivity index (χ1v) is 5.80. The van der Waals surface area contributed by atoms with Crippen LogP contribution >= 0.6 is 0 Å². The second-order valence-corrected chi connectivity index (χ2v) is 4.63. The maximum Gasteiger partial charge on any atom is 0.175 e. The molecule has 1 aromatic carbocycles. The number of benzene rings is 1. The Morgan fingerprint density at radius 1 is 1.06 bits per heavy atom. The zero-order valence-corrected chi connectivity index (χ0v) is 10.5. The molecule has 0 saturated carbocycles.